The average Bonchev–Trinajstić information content (AvgIpc) is 1.99. The highest BCUT2D eigenvalue weighted by Crippen LogP contribution is 2.36. The Morgan fingerprint density at radius 1 is 1.36 bits per heavy atom. The Morgan fingerprint density at radius 2 is 1.86 bits per heavy atom. The molecular weight excluding hydrogens is 192 g/mol. The zero-order chi connectivity index (χ0) is 11.4. The van der Waals surface area contributed by atoms with E-state index in [1.165, 1.54) is 0 Å². The molecule has 0 radical (unpaired) electrons. The summed E-state index contributed by atoms with van der Waals surface area (Å²) < 4.78 is 5.99. The Labute approximate surface area is 89.2 Å². The van der Waals surface area contributed by atoms with Crippen LogP contribution in [0.25, 0.3) is 0 Å². The highest BCUT2D eigenvalue weighted by Gasteiger charge is 2.37. The molecule has 0 heterocycles. The highest BCUT2D eigenvalue weighted by molar-refractivity contribution is 6.74. The number of carbonyl (C=O) groups excluding carboxylic acids is 1. The molecule has 0 aliphatic carbocycles. The predicted octanol–water partition coefficient (Wildman–Crippen LogP) is 3.23. The summed E-state index contributed by atoms with van der Waals surface area (Å²) in [6.45, 7) is 13.9. The third kappa shape index (κ3) is 4.38. The maximum atomic E-state index is 10.3. The minimum Gasteiger partial charge on any atom is -0.417 e. The molecule has 0 bridgehead atoms. The molecule has 0 fully saturated rings. The minimum absolute atomic E-state index is 0.258. The molecule has 0 rings (SSSR count). The number of hydrogen-bond donors (Lipinski definition) is 0. The van der Waals surface area contributed by atoms with Gasteiger partial charge in [0.25, 0.3) is 0 Å². The van der Waals surface area contributed by atoms with Crippen LogP contribution in [0.3, 0.4) is 0 Å². The summed E-state index contributed by atoms with van der Waals surface area (Å²) in [5.74, 6) is 0.349. The Bertz CT molecular complexity index is 182. The van der Waals surface area contributed by atoms with Gasteiger partial charge in [0.05, 0.1) is 0 Å². The van der Waals surface area contributed by atoms with Crippen molar-refractivity contribution in [3.05, 3.63) is 0 Å². The van der Waals surface area contributed by atoms with Gasteiger partial charge in [-0.2, -0.15) is 0 Å². The highest BCUT2D eigenvalue weighted by atomic mass is 28.4. The van der Waals surface area contributed by atoms with Crippen molar-refractivity contribution in [1.82, 2.24) is 0 Å². The van der Waals surface area contributed by atoms with Crippen molar-refractivity contribution in [1.29, 1.82) is 0 Å². The van der Waals surface area contributed by atoms with E-state index in [-0.39, 0.29) is 5.04 Å². The molecule has 0 spiro atoms. The first kappa shape index (κ1) is 13.8. The zero-order valence-corrected chi connectivity index (χ0v) is 11.4. The largest absolute Gasteiger partial charge is 0.417 e. The summed E-state index contributed by atoms with van der Waals surface area (Å²) in [5, 5.41) is 0.258. The second-order valence-electron chi connectivity index (χ2n) is 5.58. The maximum Gasteiger partial charge on any atom is 0.191 e. The lowest BCUT2D eigenvalue weighted by Gasteiger charge is -2.36. The van der Waals surface area contributed by atoms with Crippen LogP contribution < -0.4 is 0 Å². The third-order valence-electron chi connectivity index (χ3n) is 3.03. The molecule has 0 saturated carbocycles. The maximum absolute atomic E-state index is 10.3. The van der Waals surface area contributed by atoms with Gasteiger partial charge < -0.3 is 9.22 Å². The van der Waals surface area contributed by atoms with Crippen LogP contribution in [0.15, 0.2) is 0 Å². The summed E-state index contributed by atoms with van der Waals surface area (Å²) in [5.41, 5.74) is 0. The minimum atomic E-state index is -1.61. The van der Waals surface area contributed by atoms with Gasteiger partial charge in [-0.25, -0.2) is 0 Å². The van der Waals surface area contributed by atoms with Gasteiger partial charge in [0, 0.05) is 13.0 Å². The molecular formula is C11H24O2Si. The molecule has 0 saturated heterocycles. The van der Waals surface area contributed by atoms with Crippen LogP contribution in [0, 0.1) is 5.92 Å². The van der Waals surface area contributed by atoms with Crippen LogP contribution in [0.4, 0.5) is 0 Å². The van der Waals surface area contributed by atoms with Crippen LogP contribution in [0.1, 0.15) is 34.1 Å². The molecule has 0 aromatic carbocycles. The number of carbonyl (C=O) groups is 1. The van der Waals surface area contributed by atoms with Gasteiger partial charge in [-0.05, 0) is 24.1 Å². The smallest absolute Gasteiger partial charge is 0.191 e. The number of aldehydes is 1. The average molecular weight is 216 g/mol. The van der Waals surface area contributed by atoms with Crippen molar-refractivity contribution in [2.24, 2.45) is 5.92 Å². The Balaban J connectivity index is 4.05. The van der Waals surface area contributed by atoms with Crippen LogP contribution >= 0.6 is 0 Å². The monoisotopic (exact) mass is 216 g/mol. The normalized spacial score (nSPS) is 15.3. The van der Waals surface area contributed by atoms with Gasteiger partial charge in [-0.1, -0.05) is 27.7 Å². The third-order valence-corrected chi connectivity index (χ3v) is 7.53. The molecule has 14 heavy (non-hydrogen) atoms. The molecule has 0 N–H and O–H groups in total. The second-order valence-corrected chi connectivity index (χ2v) is 10.4. The first-order valence-electron chi connectivity index (χ1n) is 5.28. The summed E-state index contributed by atoms with van der Waals surface area (Å²) in [6, 6.07) is 0. The SMILES string of the molecule is C[C@@H](CC=O)CO[Si](C)(C)C(C)(C)C. The number of rotatable bonds is 5. The number of hydrogen-bond acceptors (Lipinski definition) is 2. The lowest BCUT2D eigenvalue weighted by molar-refractivity contribution is -0.108. The molecule has 0 amide bonds. The second kappa shape index (κ2) is 5.08. The molecule has 84 valence electrons. The van der Waals surface area contributed by atoms with E-state index in [0.717, 1.165) is 12.9 Å². The van der Waals surface area contributed by atoms with Gasteiger partial charge in [-0.15, -0.1) is 0 Å². The van der Waals surface area contributed by atoms with E-state index in [1.807, 2.05) is 0 Å². The van der Waals surface area contributed by atoms with Crippen molar-refractivity contribution in [2.45, 2.75) is 52.2 Å². The first-order valence-corrected chi connectivity index (χ1v) is 8.19. The van der Waals surface area contributed by atoms with Crippen LogP contribution in [-0.4, -0.2) is 21.2 Å². The fourth-order valence-electron chi connectivity index (χ4n) is 0.799. The van der Waals surface area contributed by atoms with E-state index in [2.05, 4.69) is 40.8 Å². The Hall–Kier alpha value is -0.153. The van der Waals surface area contributed by atoms with Crippen LogP contribution in [0.5, 0.6) is 0 Å². The molecule has 0 aliphatic rings. The predicted molar refractivity (Wildman–Crippen MR) is 63.0 cm³/mol. The molecule has 2 nitrogen and oxygen atoms in total. The van der Waals surface area contributed by atoms with E-state index >= 15 is 0 Å². The lowest BCUT2D eigenvalue weighted by atomic mass is 10.1. The van der Waals surface area contributed by atoms with Crippen molar-refractivity contribution in [3.63, 3.8) is 0 Å². The Kier molecular flexibility index (Phi) is 5.02. The summed E-state index contributed by atoms with van der Waals surface area (Å²) in [6.07, 6.45) is 1.58. The van der Waals surface area contributed by atoms with E-state index < -0.39 is 8.32 Å². The van der Waals surface area contributed by atoms with E-state index in [0.29, 0.717) is 12.3 Å². The first-order chi connectivity index (χ1) is 6.20. The summed E-state index contributed by atoms with van der Waals surface area (Å²) in [4.78, 5) is 10.3. The standard InChI is InChI=1S/C11H24O2Si/c1-10(7-8-12)9-13-14(5,6)11(2,3)4/h8,10H,7,9H2,1-6H3/t10-/m0/s1. The van der Waals surface area contributed by atoms with Crippen LogP contribution in [-0.2, 0) is 9.22 Å². The van der Waals surface area contributed by atoms with E-state index in [1.54, 1.807) is 0 Å². The fraction of sp³-hybridized carbons (Fsp3) is 0.909. The summed E-state index contributed by atoms with van der Waals surface area (Å²) in [7, 11) is -1.61. The quantitative estimate of drug-likeness (QED) is 0.521. The molecule has 3 heteroatoms. The molecule has 0 aliphatic heterocycles. The van der Waals surface area contributed by atoms with Crippen molar-refractivity contribution in [2.75, 3.05) is 6.61 Å². The fourth-order valence-corrected chi connectivity index (χ4v) is 1.93. The lowest BCUT2D eigenvalue weighted by Crippen LogP contribution is -2.41. The van der Waals surface area contributed by atoms with Crippen molar-refractivity contribution >= 4 is 14.6 Å². The summed E-state index contributed by atoms with van der Waals surface area (Å²) >= 11 is 0. The zero-order valence-electron chi connectivity index (χ0n) is 10.4. The van der Waals surface area contributed by atoms with E-state index in [4.69, 9.17) is 4.43 Å². The van der Waals surface area contributed by atoms with Gasteiger partial charge in [0.15, 0.2) is 8.32 Å². The molecule has 0 unspecified atom stereocenters. The van der Waals surface area contributed by atoms with Gasteiger partial charge in [0.2, 0.25) is 0 Å². The van der Waals surface area contributed by atoms with Gasteiger partial charge >= 0.3 is 0 Å². The van der Waals surface area contributed by atoms with Gasteiger partial charge in [0.1, 0.15) is 6.29 Å². The Morgan fingerprint density at radius 3 is 2.21 bits per heavy atom. The van der Waals surface area contributed by atoms with Crippen LogP contribution in [0.2, 0.25) is 18.1 Å². The van der Waals surface area contributed by atoms with Gasteiger partial charge in [-0.3, -0.25) is 0 Å². The molecule has 1 atom stereocenters. The van der Waals surface area contributed by atoms with Crippen molar-refractivity contribution in [3.8, 4) is 0 Å². The molecule has 0 aromatic heterocycles. The van der Waals surface area contributed by atoms with E-state index in [9.17, 15) is 4.79 Å². The molecule has 0 aromatic rings. The topological polar surface area (TPSA) is 26.3 Å². The van der Waals surface area contributed by atoms with Crippen molar-refractivity contribution < 1.29 is 9.22 Å².